The number of halogens is 1. The predicted octanol–water partition coefficient (Wildman–Crippen LogP) is 7.30. The Morgan fingerprint density at radius 3 is 2.35 bits per heavy atom. The molecule has 0 fully saturated rings. The van der Waals surface area contributed by atoms with Crippen molar-refractivity contribution in [3.63, 3.8) is 0 Å². The van der Waals surface area contributed by atoms with Crippen molar-refractivity contribution in [2.24, 2.45) is 0 Å². The normalized spacial score (nSPS) is 10.9. The van der Waals surface area contributed by atoms with Crippen molar-refractivity contribution < 1.29 is 4.79 Å². The van der Waals surface area contributed by atoms with E-state index in [2.05, 4.69) is 81.3 Å². The standard InChI is InChI=1S/C28H28BrN3OS/c1-2-3-18-32-26(22-13-8-5-9-14-22)25(21-11-6-4-7-12-21)31-28(32)34-19-17-30-27(33)23-15-10-16-24(29)20-23/h4-16,20H,2-3,17-19H2,1H3,(H,30,33). The van der Waals surface area contributed by atoms with Gasteiger partial charge in [0.25, 0.3) is 5.91 Å². The number of hydrogen-bond acceptors (Lipinski definition) is 3. The van der Waals surface area contributed by atoms with Gasteiger partial charge in [-0.15, -0.1) is 0 Å². The lowest BCUT2D eigenvalue weighted by Gasteiger charge is -2.13. The zero-order chi connectivity index (χ0) is 23.8. The van der Waals surface area contributed by atoms with Crippen molar-refractivity contribution in [3.05, 3.63) is 95.0 Å². The molecule has 0 saturated heterocycles. The number of nitrogens with zero attached hydrogens (tertiary/aromatic N) is 2. The molecule has 4 nitrogen and oxygen atoms in total. The van der Waals surface area contributed by atoms with E-state index >= 15 is 0 Å². The van der Waals surface area contributed by atoms with Crippen LogP contribution in [-0.4, -0.2) is 27.8 Å². The van der Waals surface area contributed by atoms with E-state index in [4.69, 9.17) is 4.98 Å². The van der Waals surface area contributed by atoms with Crippen LogP contribution in [0.3, 0.4) is 0 Å². The number of imidazole rings is 1. The highest BCUT2D eigenvalue weighted by atomic mass is 79.9. The summed E-state index contributed by atoms with van der Waals surface area (Å²) in [6.07, 6.45) is 2.19. The molecule has 0 aliphatic carbocycles. The number of rotatable bonds is 10. The van der Waals surface area contributed by atoms with Gasteiger partial charge < -0.3 is 9.88 Å². The summed E-state index contributed by atoms with van der Waals surface area (Å²) < 4.78 is 3.25. The fourth-order valence-electron chi connectivity index (χ4n) is 3.79. The number of hydrogen-bond donors (Lipinski definition) is 1. The first-order chi connectivity index (χ1) is 16.7. The largest absolute Gasteiger partial charge is 0.351 e. The third-order valence-corrected chi connectivity index (χ3v) is 6.94. The second kappa shape index (κ2) is 12.0. The molecule has 0 aliphatic rings. The van der Waals surface area contributed by atoms with E-state index in [1.54, 1.807) is 11.8 Å². The van der Waals surface area contributed by atoms with Crippen molar-refractivity contribution in [1.29, 1.82) is 0 Å². The minimum Gasteiger partial charge on any atom is -0.351 e. The van der Waals surface area contributed by atoms with Gasteiger partial charge in [0.1, 0.15) is 0 Å². The number of carbonyl (C=O) groups excluding carboxylic acids is 1. The van der Waals surface area contributed by atoms with Gasteiger partial charge in [-0.2, -0.15) is 0 Å². The number of unbranched alkanes of at least 4 members (excludes halogenated alkanes) is 1. The molecular formula is C28H28BrN3OS. The molecule has 0 atom stereocenters. The van der Waals surface area contributed by atoms with Crippen LogP contribution in [0.1, 0.15) is 30.1 Å². The first kappa shape index (κ1) is 24.3. The van der Waals surface area contributed by atoms with Gasteiger partial charge in [0.05, 0.1) is 11.4 Å². The third kappa shape index (κ3) is 5.99. The van der Waals surface area contributed by atoms with Crippen LogP contribution in [0.4, 0.5) is 0 Å². The number of thioether (sulfide) groups is 1. The van der Waals surface area contributed by atoms with Gasteiger partial charge in [-0.05, 0) is 24.6 Å². The van der Waals surface area contributed by atoms with Crippen LogP contribution < -0.4 is 5.32 Å². The van der Waals surface area contributed by atoms with E-state index in [-0.39, 0.29) is 5.91 Å². The fourth-order valence-corrected chi connectivity index (χ4v) is 5.07. The summed E-state index contributed by atoms with van der Waals surface area (Å²) in [4.78, 5) is 17.6. The zero-order valence-corrected chi connectivity index (χ0v) is 21.6. The Bertz CT molecular complexity index is 1230. The number of aromatic nitrogens is 2. The number of carbonyl (C=O) groups is 1. The molecule has 0 unspecified atom stereocenters. The molecule has 0 bridgehead atoms. The van der Waals surface area contributed by atoms with Gasteiger partial charge in [0, 0.05) is 40.0 Å². The molecule has 174 valence electrons. The van der Waals surface area contributed by atoms with Crippen LogP contribution in [-0.2, 0) is 6.54 Å². The van der Waals surface area contributed by atoms with Crippen LogP contribution in [0.5, 0.6) is 0 Å². The third-order valence-electron chi connectivity index (χ3n) is 5.47. The molecule has 4 aromatic rings. The molecule has 1 N–H and O–H groups in total. The number of benzene rings is 3. The first-order valence-electron chi connectivity index (χ1n) is 11.5. The molecule has 0 radical (unpaired) electrons. The number of amides is 1. The Morgan fingerprint density at radius 2 is 1.68 bits per heavy atom. The first-order valence-corrected chi connectivity index (χ1v) is 13.3. The van der Waals surface area contributed by atoms with Gasteiger partial charge in [0.15, 0.2) is 5.16 Å². The molecule has 1 aromatic heterocycles. The minimum atomic E-state index is -0.0637. The Hall–Kier alpha value is -2.83. The van der Waals surface area contributed by atoms with Crippen molar-refractivity contribution in [1.82, 2.24) is 14.9 Å². The molecule has 34 heavy (non-hydrogen) atoms. The minimum absolute atomic E-state index is 0.0637. The van der Waals surface area contributed by atoms with Gasteiger partial charge in [0.2, 0.25) is 0 Å². The summed E-state index contributed by atoms with van der Waals surface area (Å²) in [5.74, 6) is 0.678. The lowest BCUT2D eigenvalue weighted by Crippen LogP contribution is -2.25. The lowest BCUT2D eigenvalue weighted by atomic mass is 10.0. The summed E-state index contributed by atoms with van der Waals surface area (Å²) in [6.45, 7) is 3.69. The quantitative estimate of drug-likeness (QED) is 0.172. The smallest absolute Gasteiger partial charge is 0.251 e. The van der Waals surface area contributed by atoms with E-state index in [0.29, 0.717) is 12.1 Å². The Balaban J connectivity index is 1.57. The molecule has 3 aromatic carbocycles. The maximum absolute atomic E-state index is 12.5. The monoisotopic (exact) mass is 533 g/mol. The molecule has 1 heterocycles. The van der Waals surface area contributed by atoms with Gasteiger partial charge in [-0.1, -0.05) is 108 Å². The zero-order valence-electron chi connectivity index (χ0n) is 19.2. The number of nitrogens with one attached hydrogen (secondary N) is 1. The summed E-state index contributed by atoms with van der Waals surface area (Å²) in [5.41, 5.74) is 5.09. The Kier molecular flexibility index (Phi) is 8.61. The topological polar surface area (TPSA) is 46.9 Å². The van der Waals surface area contributed by atoms with Crippen molar-refractivity contribution in [2.45, 2.75) is 31.5 Å². The Labute approximate surface area is 213 Å². The molecular weight excluding hydrogens is 506 g/mol. The maximum atomic E-state index is 12.5. The lowest BCUT2D eigenvalue weighted by molar-refractivity contribution is 0.0956. The molecule has 0 saturated carbocycles. The van der Waals surface area contributed by atoms with E-state index in [0.717, 1.165) is 51.7 Å². The molecule has 0 spiro atoms. The van der Waals surface area contributed by atoms with E-state index in [1.165, 1.54) is 5.56 Å². The van der Waals surface area contributed by atoms with Crippen molar-refractivity contribution in [3.8, 4) is 22.5 Å². The van der Waals surface area contributed by atoms with Crippen LogP contribution in [0.2, 0.25) is 0 Å². The highest BCUT2D eigenvalue weighted by Crippen LogP contribution is 2.36. The van der Waals surface area contributed by atoms with Crippen LogP contribution in [0, 0.1) is 0 Å². The van der Waals surface area contributed by atoms with Crippen molar-refractivity contribution >= 4 is 33.6 Å². The fraction of sp³-hybridized carbons (Fsp3) is 0.214. The summed E-state index contributed by atoms with van der Waals surface area (Å²) >= 11 is 5.11. The van der Waals surface area contributed by atoms with E-state index in [9.17, 15) is 4.79 Å². The van der Waals surface area contributed by atoms with Crippen molar-refractivity contribution in [2.75, 3.05) is 12.3 Å². The second-order valence-electron chi connectivity index (χ2n) is 7.94. The highest BCUT2D eigenvalue weighted by Gasteiger charge is 2.20. The maximum Gasteiger partial charge on any atom is 0.251 e. The van der Waals surface area contributed by atoms with Gasteiger partial charge in [-0.25, -0.2) is 4.98 Å². The predicted molar refractivity (Wildman–Crippen MR) is 145 cm³/mol. The molecule has 6 heteroatoms. The van der Waals surface area contributed by atoms with Crippen LogP contribution in [0.25, 0.3) is 22.5 Å². The van der Waals surface area contributed by atoms with E-state index < -0.39 is 0 Å². The molecule has 0 aliphatic heterocycles. The molecule has 1 amide bonds. The van der Waals surface area contributed by atoms with Crippen LogP contribution >= 0.6 is 27.7 Å². The van der Waals surface area contributed by atoms with Crippen LogP contribution in [0.15, 0.2) is 94.6 Å². The average molecular weight is 535 g/mol. The second-order valence-corrected chi connectivity index (χ2v) is 9.92. The summed E-state index contributed by atoms with van der Waals surface area (Å²) in [7, 11) is 0. The van der Waals surface area contributed by atoms with Gasteiger partial charge >= 0.3 is 0 Å². The van der Waals surface area contributed by atoms with E-state index in [1.807, 2.05) is 36.4 Å². The SMILES string of the molecule is CCCCn1c(SCCNC(=O)c2cccc(Br)c2)nc(-c2ccccc2)c1-c1ccccc1. The summed E-state index contributed by atoms with van der Waals surface area (Å²) in [6, 6.07) is 28.3. The highest BCUT2D eigenvalue weighted by molar-refractivity contribution is 9.10. The summed E-state index contributed by atoms with van der Waals surface area (Å²) in [5, 5.41) is 4.01. The molecule has 4 rings (SSSR count). The van der Waals surface area contributed by atoms with Gasteiger partial charge in [-0.3, -0.25) is 4.79 Å². The average Bonchev–Trinajstić information content (AvgIpc) is 3.24. The Morgan fingerprint density at radius 1 is 0.971 bits per heavy atom.